The molecule has 0 saturated heterocycles. The number of nitrogens with one attached hydrogen (secondary N) is 3. The highest BCUT2D eigenvalue weighted by molar-refractivity contribution is 7.15. The highest BCUT2D eigenvalue weighted by atomic mass is 32.1. The summed E-state index contributed by atoms with van der Waals surface area (Å²) in [6, 6.07) is 5.91. The van der Waals surface area contributed by atoms with Gasteiger partial charge in [0.15, 0.2) is 0 Å². The summed E-state index contributed by atoms with van der Waals surface area (Å²) < 4.78 is 13.2. The molecule has 10 nitrogen and oxygen atoms in total. The van der Waals surface area contributed by atoms with Crippen LogP contribution in [0.3, 0.4) is 0 Å². The molecule has 2 heterocycles. The van der Waals surface area contributed by atoms with Gasteiger partial charge in [0.2, 0.25) is 16.2 Å². The number of aliphatic hydroxyl groups is 2. The molecule has 3 rings (SSSR count). The van der Waals surface area contributed by atoms with E-state index in [-0.39, 0.29) is 24.9 Å². The number of unbranched alkanes of at least 4 members (excludes halogenated alkanes) is 1. The number of hydrogen-bond acceptors (Lipinski definition) is 11. The van der Waals surface area contributed by atoms with Crippen molar-refractivity contribution >= 4 is 44.5 Å². The zero-order valence-corrected chi connectivity index (χ0v) is 19.5. The highest BCUT2D eigenvalue weighted by Gasteiger charge is 2.10. The Kier molecular flexibility index (Phi) is 9.87. The van der Waals surface area contributed by atoms with Crippen molar-refractivity contribution in [1.29, 1.82) is 0 Å². The van der Waals surface area contributed by atoms with Crippen LogP contribution in [0.5, 0.6) is 0 Å². The van der Waals surface area contributed by atoms with Gasteiger partial charge in [-0.2, -0.15) is 0 Å². The van der Waals surface area contributed by atoms with Gasteiger partial charge in [-0.05, 0) is 37.5 Å². The van der Waals surface area contributed by atoms with Gasteiger partial charge in [-0.1, -0.05) is 28.7 Å². The molecule has 0 fully saturated rings. The first-order chi connectivity index (χ1) is 16.0. The van der Waals surface area contributed by atoms with Crippen molar-refractivity contribution in [3.8, 4) is 0 Å². The average Bonchev–Trinajstić information content (AvgIpc) is 3.44. The number of aromatic nitrogens is 4. The average molecular weight is 496 g/mol. The predicted octanol–water partition coefficient (Wildman–Crippen LogP) is 2.30. The molecule has 0 aliphatic heterocycles. The van der Waals surface area contributed by atoms with E-state index in [0.29, 0.717) is 28.9 Å². The monoisotopic (exact) mass is 495 g/mol. The number of aryl methyl sites for hydroxylation is 2. The molecule has 0 aliphatic carbocycles. The summed E-state index contributed by atoms with van der Waals surface area (Å²) in [5.74, 6) is -0.652. The first-order valence-electron chi connectivity index (χ1n) is 10.5. The van der Waals surface area contributed by atoms with E-state index in [2.05, 4.69) is 36.3 Å². The predicted molar refractivity (Wildman–Crippen MR) is 126 cm³/mol. The third-order valence-electron chi connectivity index (χ3n) is 4.45. The molecular weight excluding hydrogens is 469 g/mol. The second kappa shape index (κ2) is 13.1. The summed E-state index contributed by atoms with van der Waals surface area (Å²) in [6.45, 7) is 0.269. The van der Waals surface area contributed by atoms with Crippen LogP contribution in [-0.2, 0) is 17.6 Å². The SMILES string of the molecule is O=C(CNc1cccc(F)c1)Nc1nnc(CCCCc2nnc(NCC[C@@H](O)CO)s2)s1. The van der Waals surface area contributed by atoms with Crippen molar-refractivity contribution in [3.05, 3.63) is 40.1 Å². The third-order valence-corrected chi connectivity index (χ3v) is 6.29. The first kappa shape index (κ1) is 24.9. The molecule has 1 aromatic carbocycles. The molecule has 0 aliphatic rings. The fraction of sp³-hybridized carbons (Fsp3) is 0.450. The van der Waals surface area contributed by atoms with E-state index in [4.69, 9.17) is 5.11 Å². The smallest absolute Gasteiger partial charge is 0.245 e. The van der Waals surface area contributed by atoms with Gasteiger partial charge in [0.05, 0.1) is 19.3 Å². The van der Waals surface area contributed by atoms with Crippen molar-refractivity contribution < 1.29 is 19.4 Å². The molecule has 178 valence electrons. The third kappa shape index (κ3) is 8.96. The molecule has 5 N–H and O–H groups in total. The number of rotatable bonds is 14. The van der Waals surface area contributed by atoms with Crippen molar-refractivity contribution in [2.75, 3.05) is 35.6 Å². The lowest BCUT2D eigenvalue weighted by molar-refractivity contribution is -0.114. The molecule has 33 heavy (non-hydrogen) atoms. The summed E-state index contributed by atoms with van der Waals surface area (Å²) in [7, 11) is 0. The maximum absolute atomic E-state index is 13.2. The van der Waals surface area contributed by atoms with Crippen LogP contribution >= 0.6 is 22.7 Å². The fourth-order valence-corrected chi connectivity index (χ4v) is 4.37. The van der Waals surface area contributed by atoms with Crippen LogP contribution in [0.4, 0.5) is 20.3 Å². The van der Waals surface area contributed by atoms with Gasteiger partial charge in [0.25, 0.3) is 0 Å². The number of anilines is 3. The number of carbonyl (C=O) groups excluding carboxylic acids is 1. The summed E-state index contributed by atoms with van der Waals surface area (Å²) >= 11 is 2.81. The van der Waals surface area contributed by atoms with Crippen molar-refractivity contribution in [3.63, 3.8) is 0 Å². The van der Waals surface area contributed by atoms with Gasteiger partial charge in [-0.25, -0.2) is 4.39 Å². The molecule has 1 amide bonds. The molecule has 0 unspecified atom stereocenters. The van der Waals surface area contributed by atoms with Gasteiger partial charge in [-0.3, -0.25) is 10.1 Å². The van der Waals surface area contributed by atoms with E-state index in [1.807, 2.05) is 0 Å². The molecule has 0 radical (unpaired) electrons. The summed E-state index contributed by atoms with van der Waals surface area (Å²) in [4.78, 5) is 12.0. The topological polar surface area (TPSA) is 145 Å². The molecular formula is C20H26FN7O3S2. The lowest BCUT2D eigenvalue weighted by atomic mass is 10.2. The van der Waals surface area contributed by atoms with E-state index < -0.39 is 6.10 Å². The van der Waals surface area contributed by atoms with E-state index in [1.54, 1.807) is 12.1 Å². The van der Waals surface area contributed by atoms with E-state index in [1.165, 1.54) is 34.8 Å². The Hall–Kier alpha value is -2.74. The zero-order chi connectivity index (χ0) is 23.5. The number of benzene rings is 1. The van der Waals surface area contributed by atoms with Crippen LogP contribution in [0, 0.1) is 5.82 Å². The molecule has 2 aromatic heterocycles. The minimum atomic E-state index is -0.726. The van der Waals surface area contributed by atoms with Crippen molar-refractivity contribution in [2.45, 2.75) is 38.2 Å². The van der Waals surface area contributed by atoms with Crippen LogP contribution in [0.25, 0.3) is 0 Å². The van der Waals surface area contributed by atoms with Gasteiger partial charge in [-0.15, -0.1) is 20.4 Å². The van der Waals surface area contributed by atoms with Gasteiger partial charge < -0.3 is 20.8 Å². The second-order valence-corrected chi connectivity index (χ2v) is 9.30. The largest absolute Gasteiger partial charge is 0.394 e. The molecule has 3 aromatic rings. The van der Waals surface area contributed by atoms with E-state index in [9.17, 15) is 14.3 Å². The number of halogens is 1. The molecule has 13 heteroatoms. The Morgan fingerprint density at radius 2 is 1.73 bits per heavy atom. The molecule has 0 saturated carbocycles. The maximum atomic E-state index is 13.2. The fourth-order valence-electron chi connectivity index (χ4n) is 2.76. The zero-order valence-electron chi connectivity index (χ0n) is 17.8. The van der Waals surface area contributed by atoms with Crippen LogP contribution < -0.4 is 16.0 Å². The van der Waals surface area contributed by atoms with E-state index >= 15 is 0 Å². The number of hydrogen-bond donors (Lipinski definition) is 5. The van der Waals surface area contributed by atoms with Crippen molar-refractivity contribution in [2.24, 2.45) is 0 Å². The minimum Gasteiger partial charge on any atom is -0.394 e. The Balaban J connectivity index is 1.31. The van der Waals surface area contributed by atoms with Gasteiger partial charge in [0.1, 0.15) is 15.8 Å². The summed E-state index contributed by atoms with van der Waals surface area (Å²) in [5, 5.41) is 46.0. The van der Waals surface area contributed by atoms with Crippen LogP contribution in [0.15, 0.2) is 24.3 Å². The van der Waals surface area contributed by atoms with Crippen LogP contribution in [0.2, 0.25) is 0 Å². The summed E-state index contributed by atoms with van der Waals surface area (Å²) in [6.07, 6.45) is 3.08. The lowest BCUT2D eigenvalue weighted by Crippen LogP contribution is -2.21. The Morgan fingerprint density at radius 1 is 1.03 bits per heavy atom. The number of nitrogens with zero attached hydrogens (tertiary/aromatic N) is 4. The maximum Gasteiger partial charge on any atom is 0.245 e. The molecule has 0 spiro atoms. The van der Waals surface area contributed by atoms with Crippen molar-refractivity contribution in [1.82, 2.24) is 20.4 Å². The van der Waals surface area contributed by atoms with Crippen LogP contribution in [0.1, 0.15) is 29.3 Å². The second-order valence-electron chi connectivity index (χ2n) is 7.17. The number of amides is 1. The number of aliphatic hydroxyl groups excluding tert-OH is 2. The van der Waals surface area contributed by atoms with Gasteiger partial charge in [0, 0.05) is 25.1 Å². The van der Waals surface area contributed by atoms with Gasteiger partial charge >= 0.3 is 0 Å². The first-order valence-corrected chi connectivity index (χ1v) is 12.1. The lowest BCUT2D eigenvalue weighted by Gasteiger charge is -2.06. The Labute approximate surface area is 198 Å². The van der Waals surface area contributed by atoms with Crippen LogP contribution in [-0.4, -0.2) is 62.3 Å². The standard InChI is InChI=1S/C20H26FN7O3S2/c21-13-4-3-5-14(10-13)23-11-16(31)24-20-28-26-18(33-20)7-2-1-6-17-25-27-19(32-17)22-9-8-15(30)12-29/h3-5,10,15,23,29-30H,1-2,6-9,11-12H2,(H,22,27)(H,24,28,31)/t15-/m1/s1. The Bertz CT molecular complexity index is 1020. The molecule has 0 bridgehead atoms. The Morgan fingerprint density at radius 3 is 2.42 bits per heavy atom. The van der Waals surface area contributed by atoms with E-state index in [0.717, 1.165) is 35.7 Å². The minimum absolute atomic E-state index is 0.000915. The summed E-state index contributed by atoms with van der Waals surface area (Å²) in [5.41, 5.74) is 0.530. The quantitative estimate of drug-likeness (QED) is 0.213. The molecule has 1 atom stereocenters. The normalized spacial score (nSPS) is 11.8. The highest BCUT2D eigenvalue weighted by Crippen LogP contribution is 2.20. The number of carbonyl (C=O) groups is 1.